The molecule has 0 aliphatic heterocycles. The number of hydrogen-bond acceptors (Lipinski definition) is 4. The Bertz CT molecular complexity index is 351. The van der Waals surface area contributed by atoms with Crippen molar-refractivity contribution < 1.29 is 20.1 Å². The Balaban J connectivity index is 3.22. The van der Waals surface area contributed by atoms with E-state index in [0.717, 1.165) is 0 Å². The molecule has 1 aromatic carbocycles. The number of rotatable bonds is 3. The molecular formula is C9H11NO4. The molecule has 5 heteroatoms. The van der Waals surface area contributed by atoms with E-state index in [0.29, 0.717) is 0 Å². The number of benzene rings is 1. The fourth-order valence-electron chi connectivity index (χ4n) is 1.15. The van der Waals surface area contributed by atoms with E-state index in [1.807, 2.05) is 0 Å². The summed E-state index contributed by atoms with van der Waals surface area (Å²) in [6, 6.07) is 2.96. The van der Waals surface area contributed by atoms with Gasteiger partial charge >= 0.3 is 5.97 Å². The average molecular weight is 197 g/mol. The van der Waals surface area contributed by atoms with Crippen molar-refractivity contribution >= 4 is 5.97 Å². The smallest absolute Gasteiger partial charge is 0.336 e. The van der Waals surface area contributed by atoms with Crippen LogP contribution in [0.3, 0.4) is 0 Å². The van der Waals surface area contributed by atoms with E-state index in [9.17, 15) is 4.79 Å². The van der Waals surface area contributed by atoms with Gasteiger partial charge < -0.3 is 21.1 Å². The van der Waals surface area contributed by atoms with Crippen molar-refractivity contribution in [1.82, 2.24) is 0 Å². The van der Waals surface area contributed by atoms with Crippen LogP contribution in [0.1, 0.15) is 22.0 Å². The largest absolute Gasteiger partial charge is 0.508 e. The predicted octanol–water partition coefficient (Wildman–Crippen LogP) is 0.0825. The molecule has 5 N–H and O–H groups in total. The van der Waals surface area contributed by atoms with Crippen molar-refractivity contribution in [3.63, 3.8) is 0 Å². The SMILES string of the molecule is NC(CO)c1cc(O)ccc1C(=O)O. The highest BCUT2D eigenvalue weighted by Crippen LogP contribution is 2.21. The standard InChI is InChI=1S/C9H11NO4/c10-8(4-11)7-3-5(12)1-2-6(7)9(13)14/h1-3,8,11-12H,4,10H2,(H,13,14). The molecule has 0 bridgehead atoms. The van der Waals surface area contributed by atoms with Crippen molar-refractivity contribution in [2.75, 3.05) is 6.61 Å². The summed E-state index contributed by atoms with van der Waals surface area (Å²) in [5.41, 5.74) is 5.69. The van der Waals surface area contributed by atoms with Gasteiger partial charge in [-0.1, -0.05) is 0 Å². The summed E-state index contributed by atoms with van der Waals surface area (Å²) in [6.45, 7) is -0.371. The molecular weight excluding hydrogens is 186 g/mol. The fourth-order valence-corrected chi connectivity index (χ4v) is 1.15. The molecule has 1 aromatic rings. The third-order valence-corrected chi connectivity index (χ3v) is 1.86. The van der Waals surface area contributed by atoms with Crippen LogP contribution in [-0.4, -0.2) is 27.9 Å². The van der Waals surface area contributed by atoms with Crippen molar-refractivity contribution in [3.05, 3.63) is 29.3 Å². The third kappa shape index (κ3) is 2.01. The Morgan fingerprint density at radius 3 is 2.64 bits per heavy atom. The Kier molecular flexibility index (Phi) is 3.06. The molecule has 14 heavy (non-hydrogen) atoms. The van der Waals surface area contributed by atoms with Crippen LogP contribution in [0.25, 0.3) is 0 Å². The lowest BCUT2D eigenvalue weighted by Gasteiger charge is -2.11. The zero-order chi connectivity index (χ0) is 10.7. The lowest BCUT2D eigenvalue weighted by molar-refractivity contribution is 0.0694. The molecule has 1 rings (SSSR count). The Labute approximate surface area is 80.4 Å². The number of nitrogens with two attached hydrogens (primary N) is 1. The second-order valence-corrected chi connectivity index (χ2v) is 2.87. The second kappa shape index (κ2) is 4.08. The van der Waals surface area contributed by atoms with E-state index in [1.54, 1.807) is 0 Å². The first-order valence-corrected chi connectivity index (χ1v) is 3.99. The van der Waals surface area contributed by atoms with Crippen molar-refractivity contribution in [2.45, 2.75) is 6.04 Å². The topological polar surface area (TPSA) is 104 Å². The van der Waals surface area contributed by atoms with E-state index in [-0.39, 0.29) is 23.5 Å². The number of aromatic carboxylic acids is 1. The maximum absolute atomic E-state index is 10.7. The van der Waals surface area contributed by atoms with E-state index in [1.165, 1.54) is 18.2 Å². The summed E-state index contributed by atoms with van der Waals surface area (Å²) in [5, 5.41) is 26.7. The monoisotopic (exact) mass is 197 g/mol. The summed E-state index contributed by atoms with van der Waals surface area (Å²) in [4.78, 5) is 10.7. The molecule has 1 unspecified atom stereocenters. The average Bonchev–Trinajstić information content (AvgIpc) is 2.16. The summed E-state index contributed by atoms with van der Waals surface area (Å²) in [6.07, 6.45) is 0. The van der Waals surface area contributed by atoms with Crippen molar-refractivity contribution in [2.24, 2.45) is 5.73 Å². The minimum absolute atomic E-state index is 0.00986. The maximum Gasteiger partial charge on any atom is 0.336 e. The van der Waals surface area contributed by atoms with Gasteiger partial charge in [-0.05, 0) is 23.8 Å². The molecule has 0 saturated heterocycles. The molecule has 0 heterocycles. The number of aromatic hydroxyl groups is 1. The van der Waals surface area contributed by atoms with E-state index < -0.39 is 12.0 Å². The zero-order valence-corrected chi connectivity index (χ0v) is 7.34. The molecule has 0 fully saturated rings. The molecule has 0 aromatic heterocycles. The van der Waals surface area contributed by atoms with Gasteiger partial charge in [-0.15, -0.1) is 0 Å². The Hall–Kier alpha value is -1.59. The van der Waals surface area contributed by atoms with Crippen LogP contribution < -0.4 is 5.73 Å². The highest BCUT2D eigenvalue weighted by atomic mass is 16.4. The molecule has 76 valence electrons. The van der Waals surface area contributed by atoms with Gasteiger partial charge in [0.25, 0.3) is 0 Å². The minimum Gasteiger partial charge on any atom is -0.508 e. The Morgan fingerprint density at radius 2 is 2.14 bits per heavy atom. The quantitative estimate of drug-likeness (QED) is 0.549. The normalized spacial score (nSPS) is 12.4. The lowest BCUT2D eigenvalue weighted by Crippen LogP contribution is -2.18. The van der Waals surface area contributed by atoms with Crippen molar-refractivity contribution in [1.29, 1.82) is 0 Å². The van der Waals surface area contributed by atoms with Crippen LogP contribution in [0.15, 0.2) is 18.2 Å². The van der Waals surface area contributed by atoms with Crippen LogP contribution >= 0.6 is 0 Å². The van der Waals surface area contributed by atoms with Gasteiger partial charge in [-0.25, -0.2) is 4.79 Å². The van der Waals surface area contributed by atoms with Gasteiger partial charge in [0.2, 0.25) is 0 Å². The van der Waals surface area contributed by atoms with Crippen LogP contribution in [0.2, 0.25) is 0 Å². The van der Waals surface area contributed by atoms with Crippen LogP contribution in [0.5, 0.6) is 5.75 Å². The van der Waals surface area contributed by atoms with Gasteiger partial charge in [-0.3, -0.25) is 0 Å². The number of carbonyl (C=O) groups is 1. The number of phenols is 1. The highest BCUT2D eigenvalue weighted by molar-refractivity contribution is 5.89. The molecule has 0 amide bonds. The number of aliphatic hydroxyl groups excluding tert-OH is 1. The molecule has 1 atom stereocenters. The molecule has 0 radical (unpaired) electrons. The molecule has 0 aliphatic rings. The first kappa shape index (κ1) is 10.5. The van der Waals surface area contributed by atoms with Gasteiger partial charge in [0, 0.05) is 0 Å². The van der Waals surface area contributed by atoms with E-state index >= 15 is 0 Å². The van der Waals surface area contributed by atoms with Gasteiger partial charge in [-0.2, -0.15) is 0 Å². The summed E-state index contributed by atoms with van der Waals surface area (Å²) in [7, 11) is 0. The molecule has 0 aliphatic carbocycles. The first-order valence-electron chi connectivity index (χ1n) is 3.99. The number of phenolic OH excluding ortho intramolecular Hbond substituents is 1. The molecule has 0 saturated carbocycles. The number of hydrogen-bond donors (Lipinski definition) is 4. The third-order valence-electron chi connectivity index (χ3n) is 1.86. The molecule has 0 spiro atoms. The van der Waals surface area contributed by atoms with Gasteiger partial charge in [0.1, 0.15) is 5.75 Å². The van der Waals surface area contributed by atoms with Crippen LogP contribution in [-0.2, 0) is 0 Å². The maximum atomic E-state index is 10.7. The number of carboxylic acids is 1. The minimum atomic E-state index is -1.14. The van der Waals surface area contributed by atoms with Gasteiger partial charge in [0.05, 0.1) is 18.2 Å². The number of aliphatic hydroxyl groups is 1. The number of carboxylic acid groups (broad SMARTS) is 1. The molecule has 5 nitrogen and oxygen atoms in total. The van der Waals surface area contributed by atoms with Crippen molar-refractivity contribution in [3.8, 4) is 5.75 Å². The van der Waals surface area contributed by atoms with E-state index in [2.05, 4.69) is 0 Å². The lowest BCUT2D eigenvalue weighted by atomic mass is 10.0. The highest BCUT2D eigenvalue weighted by Gasteiger charge is 2.15. The first-order chi connectivity index (χ1) is 6.56. The summed E-state index contributed by atoms with van der Waals surface area (Å²) >= 11 is 0. The Morgan fingerprint density at radius 1 is 1.50 bits per heavy atom. The zero-order valence-electron chi connectivity index (χ0n) is 7.34. The van der Waals surface area contributed by atoms with Gasteiger partial charge in [0.15, 0.2) is 0 Å². The summed E-state index contributed by atoms with van der Waals surface area (Å²) in [5.74, 6) is -1.21. The predicted molar refractivity (Wildman–Crippen MR) is 49.1 cm³/mol. The fraction of sp³-hybridized carbons (Fsp3) is 0.222. The van der Waals surface area contributed by atoms with Crippen LogP contribution in [0, 0.1) is 0 Å². The summed E-state index contributed by atoms with van der Waals surface area (Å²) < 4.78 is 0. The van der Waals surface area contributed by atoms with Crippen LogP contribution in [0.4, 0.5) is 0 Å². The van der Waals surface area contributed by atoms with E-state index in [4.69, 9.17) is 21.1 Å². The second-order valence-electron chi connectivity index (χ2n) is 2.87.